The summed E-state index contributed by atoms with van der Waals surface area (Å²) in [5.74, 6) is 0. The summed E-state index contributed by atoms with van der Waals surface area (Å²) in [6.45, 7) is 0.595. The average Bonchev–Trinajstić information content (AvgIpc) is 3.13. The summed E-state index contributed by atoms with van der Waals surface area (Å²) in [5.41, 5.74) is 1.55. The Hall–Kier alpha value is -2.19. The van der Waals surface area contributed by atoms with Gasteiger partial charge in [-0.1, -0.05) is 18.2 Å². The van der Waals surface area contributed by atoms with E-state index in [-0.39, 0.29) is 0 Å². The fourth-order valence-electron chi connectivity index (χ4n) is 1.80. The zero-order chi connectivity index (χ0) is 14.7. The van der Waals surface area contributed by atoms with E-state index in [1.807, 2.05) is 12.1 Å². The van der Waals surface area contributed by atoms with E-state index >= 15 is 0 Å². The first-order chi connectivity index (χ1) is 10.1. The van der Waals surface area contributed by atoms with E-state index < -0.39 is 10.0 Å². The molecule has 0 atom stereocenters. The lowest BCUT2D eigenvalue weighted by Gasteiger charge is -2.07. The molecule has 2 heterocycles. The summed E-state index contributed by atoms with van der Waals surface area (Å²) in [6.07, 6.45) is 3.11. The van der Waals surface area contributed by atoms with Gasteiger partial charge < -0.3 is 0 Å². The SMILES string of the molecule is O=S(=O)(Nc1ccc(Cn2cncn2)cc1)c1cccs1. The lowest BCUT2D eigenvalue weighted by molar-refractivity contribution is 0.603. The van der Waals surface area contributed by atoms with Crippen LogP contribution >= 0.6 is 11.3 Å². The van der Waals surface area contributed by atoms with Crippen molar-refractivity contribution in [3.05, 3.63) is 60.0 Å². The maximum atomic E-state index is 12.1. The Morgan fingerprint density at radius 1 is 1.19 bits per heavy atom. The number of benzene rings is 1. The molecular formula is C13H12N4O2S2. The van der Waals surface area contributed by atoms with Crippen LogP contribution in [0.5, 0.6) is 0 Å². The maximum absolute atomic E-state index is 12.1. The molecule has 6 nitrogen and oxygen atoms in total. The Labute approximate surface area is 126 Å². The first-order valence-corrected chi connectivity index (χ1v) is 8.47. The molecule has 0 spiro atoms. The van der Waals surface area contributed by atoms with Gasteiger partial charge in [-0.2, -0.15) is 5.10 Å². The van der Waals surface area contributed by atoms with Crippen LogP contribution < -0.4 is 4.72 Å². The zero-order valence-electron chi connectivity index (χ0n) is 10.9. The zero-order valence-corrected chi connectivity index (χ0v) is 12.5. The molecule has 0 unspecified atom stereocenters. The summed E-state index contributed by atoms with van der Waals surface area (Å²) >= 11 is 1.19. The van der Waals surface area contributed by atoms with Crippen molar-refractivity contribution in [2.75, 3.05) is 4.72 Å². The van der Waals surface area contributed by atoms with Gasteiger partial charge in [0.05, 0.1) is 6.54 Å². The number of aromatic nitrogens is 3. The molecule has 0 fully saturated rings. The molecule has 0 bridgehead atoms. The third-order valence-electron chi connectivity index (χ3n) is 2.78. The molecule has 21 heavy (non-hydrogen) atoms. The lowest BCUT2D eigenvalue weighted by atomic mass is 10.2. The van der Waals surface area contributed by atoms with Crippen LogP contribution in [0.25, 0.3) is 0 Å². The van der Waals surface area contributed by atoms with Gasteiger partial charge in [-0.25, -0.2) is 18.1 Å². The van der Waals surface area contributed by atoms with Gasteiger partial charge in [-0.05, 0) is 29.1 Å². The molecule has 0 aliphatic rings. The molecule has 108 valence electrons. The summed E-state index contributed by atoms with van der Waals surface area (Å²) in [6, 6.07) is 10.5. The molecule has 0 aliphatic heterocycles. The quantitative estimate of drug-likeness (QED) is 0.782. The van der Waals surface area contributed by atoms with Gasteiger partial charge in [-0.3, -0.25) is 4.72 Å². The van der Waals surface area contributed by atoms with E-state index in [9.17, 15) is 8.42 Å². The summed E-state index contributed by atoms with van der Waals surface area (Å²) in [5, 5.41) is 5.75. The van der Waals surface area contributed by atoms with Crippen LogP contribution in [0.1, 0.15) is 5.56 Å². The maximum Gasteiger partial charge on any atom is 0.271 e. The summed E-state index contributed by atoms with van der Waals surface area (Å²) in [7, 11) is -3.49. The van der Waals surface area contributed by atoms with Crippen LogP contribution in [-0.2, 0) is 16.6 Å². The molecular weight excluding hydrogens is 308 g/mol. The topological polar surface area (TPSA) is 76.9 Å². The molecule has 3 rings (SSSR count). The van der Waals surface area contributed by atoms with Gasteiger partial charge in [0.15, 0.2) is 0 Å². The predicted octanol–water partition coefficient (Wildman–Crippen LogP) is 2.19. The standard InChI is InChI=1S/C13H12N4O2S2/c18-21(19,13-2-1-7-20-13)16-12-5-3-11(4-6-12)8-17-10-14-9-15-17/h1-7,9-10,16H,8H2. The number of anilines is 1. The largest absolute Gasteiger partial charge is 0.279 e. The molecule has 0 amide bonds. The second-order valence-electron chi connectivity index (χ2n) is 4.33. The van der Waals surface area contributed by atoms with Gasteiger partial charge in [0.1, 0.15) is 16.9 Å². The van der Waals surface area contributed by atoms with Crippen LogP contribution in [-0.4, -0.2) is 23.2 Å². The monoisotopic (exact) mass is 320 g/mol. The second kappa shape index (κ2) is 5.66. The van der Waals surface area contributed by atoms with Gasteiger partial charge in [0.2, 0.25) is 0 Å². The van der Waals surface area contributed by atoms with Crippen LogP contribution in [0.15, 0.2) is 58.6 Å². The minimum Gasteiger partial charge on any atom is -0.279 e. The van der Waals surface area contributed by atoms with Gasteiger partial charge >= 0.3 is 0 Å². The molecule has 2 aromatic heterocycles. The highest BCUT2D eigenvalue weighted by Gasteiger charge is 2.14. The number of nitrogens with one attached hydrogen (secondary N) is 1. The lowest BCUT2D eigenvalue weighted by Crippen LogP contribution is -2.11. The Morgan fingerprint density at radius 2 is 2.00 bits per heavy atom. The molecule has 1 aromatic carbocycles. The van der Waals surface area contributed by atoms with Crippen molar-refractivity contribution in [2.45, 2.75) is 10.8 Å². The van der Waals surface area contributed by atoms with E-state index in [4.69, 9.17) is 0 Å². The number of sulfonamides is 1. The predicted molar refractivity (Wildman–Crippen MR) is 80.7 cm³/mol. The van der Waals surface area contributed by atoms with Gasteiger partial charge in [0, 0.05) is 5.69 Å². The highest BCUT2D eigenvalue weighted by Crippen LogP contribution is 2.20. The van der Waals surface area contributed by atoms with E-state index in [1.165, 1.54) is 17.7 Å². The fraction of sp³-hybridized carbons (Fsp3) is 0.0769. The van der Waals surface area contributed by atoms with Crippen LogP contribution in [0.3, 0.4) is 0 Å². The Bertz CT molecular complexity index is 795. The summed E-state index contributed by atoms with van der Waals surface area (Å²) < 4.78 is 28.7. The van der Waals surface area contributed by atoms with Crippen molar-refractivity contribution in [3.8, 4) is 0 Å². The number of hydrogen-bond donors (Lipinski definition) is 1. The van der Waals surface area contributed by atoms with E-state index in [2.05, 4.69) is 14.8 Å². The molecule has 0 aliphatic carbocycles. The van der Waals surface area contributed by atoms with Crippen molar-refractivity contribution in [2.24, 2.45) is 0 Å². The van der Waals surface area contributed by atoms with E-state index in [0.29, 0.717) is 16.4 Å². The number of hydrogen-bond acceptors (Lipinski definition) is 5. The van der Waals surface area contributed by atoms with Gasteiger partial charge in [-0.15, -0.1) is 11.3 Å². The highest BCUT2D eigenvalue weighted by atomic mass is 32.2. The van der Waals surface area contributed by atoms with E-state index in [0.717, 1.165) is 5.56 Å². The first-order valence-electron chi connectivity index (χ1n) is 6.11. The smallest absolute Gasteiger partial charge is 0.271 e. The van der Waals surface area contributed by atoms with Gasteiger partial charge in [0.25, 0.3) is 10.0 Å². The highest BCUT2D eigenvalue weighted by molar-refractivity contribution is 7.94. The molecule has 8 heteroatoms. The van der Waals surface area contributed by atoms with Crippen molar-refractivity contribution in [1.29, 1.82) is 0 Å². The number of rotatable bonds is 5. The fourth-order valence-corrected chi connectivity index (χ4v) is 3.85. The third-order valence-corrected chi connectivity index (χ3v) is 5.56. The second-order valence-corrected chi connectivity index (χ2v) is 7.18. The Morgan fingerprint density at radius 3 is 2.62 bits per heavy atom. The van der Waals surface area contributed by atoms with Crippen LogP contribution in [0.4, 0.5) is 5.69 Å². The normalized spacial score (nSPS) is 11.4. The average molecular weight is 320 g/mol. The Kier molecular flexibility index (Phi) is 3.72. The number of thiophene rings is 1. The third kappa shape index (κ3) is 3.29. The van der Waals surface area contributed by atoms with Crippen molar-refractivity contribution >= 4 is 27.0 Å². The first kappa shape index (κ1) is 13.8. The van der Waals surface area contributed by atoms with Crippen molar-refractivity contribution < 1.29 is 8.42 Å². The molecule has 0 saturated heterocycles. The Balaban J connectivity index is 1.73. The molecule has 1 N–H and O–H groups in total. The minimum atomic E-state index is -3.49. The van der Waals surface area contributed by atoms with Crippen LogP contribution in [0.2, 0.25) is 0 Å². The summed E-state index contributed by atoms with van der Waals surface area (Å²) in [4.78, 5) is 3.87. The van der Waals surface area contributed by atoms with Crippen molar-refractivity contribution in [1.82, 2.24) is 14.8 Å². The van der Waals surface area contributed by atoms with Crippen molar-refractivity contribution in [3.63, 3.8) is 0 Å². The molecule has 0 saturated carbocycles. The molecule has 3 aromatic rings. The number of nitrogens with zero attached hydrogens (tertiary/aromatic N) is 3. The van der Waals surface area contributed by atoms with Crippen LogP contribution in [0, 0.1) is 0 Å². The minimum absolute atomic E-state index is 0.300. The molecule has 0 radical (unpaired) electrons. The van der Waals surface area contributed by atoms with E-state index in [1.54, 1.807) is 40.7 Å².